The van der Waals surface area contributed by atoms with E-state index in [0.29, 0.717) is 29.3 Å². The molecule has 4 nitrogen and oxygen atoms in total. The lowest BCUT2D eigenvalue weighted by Gasteiger charge is -2.28. The average Bonchev–Trinajstić information content (AvgIpc) is 3.34. The molecule has 2 atom stereocenters. The van der Waals surface area contributed by atoms with Gasteiger partial charge in [-0.2, -0.15) is 0 Å². The number of benzene rings is 2. The van der Waals surface area contributed by atoms with Crippen LogP contribution < -0.4 is 0 Å². The molecule has 2 fully saturated rings. The van der Waals surface area contributed by atoms with E-state index >= 15 is 0 Å². The van der Waals surface area contributed by atoms with Gasteiger partial charge in [0, 0.05) is 41.5 Å². The van der Waals surface area contributed by atoms with Gasteiger partial charge in [-0.3, -0.25) is 4.90 Å². The molecule has 1 N–H and O–H groups in total. The molecule has 6 rings (SSSR count). The van der Waals surface area contributed by atoms with Crippen LogP contribution in [0.25, 0.3) is 22.2 Å². The summed E-state index contributed by atoms with van der Waals surface area (Å²) in [5, 5.41) is 11.0. The highest BCUT2D eigenvalue weighted by Crippen LogP contribution is 2.51. The zero-order chi connectivity index (χ0) is 22.5. The van der Waals surface area contributed by atoms with Crippen molar-refractivity contribution in [3.05, 3.63) is 59.2 Å². The molecule has 1 aliphatic carbocycles. The van der Waals surface area contributed by atoms with Crippen molar-refractivity contribution < 1.29 is 9.90 Å². The van der Waals surface area contributed by atoms with Crippen LogP contribution in [-0.4, -0.2) is 39.5 Å². The van der Waals surface area contributed by atoms with Gasteiger partial charge in [-0.05, 0) is 60.9 Å². The minimum atomic E-state index is -0.854. The Morgan fingerprint density at radius 3 is 2.67 bits per heavy atom. The van der Waals surface area contributed by atoms with Gasteiger partial charge in [-0.25, -0.2) is 4.79 Å². The molecule has 1 saturated carbocycles. The summed E-state index contributed by atoms with van der Waals surface area (Å²) in [5.74, 6) is 0.834. The first-order valence-corrected chi connectivity index (χ1v) is 13.0. The maximum Gasteiger partial charge on any atom is 0.335 e. The third kappa shape index (κ3) is 3.41. The second-order valence-corrected chi connectivity index (χ2v) is 10.4. The van der Waals surface area contributed by atoms with Gasteiger partial charge in [0.15, 0.2) is 0 Å². The lowest BCUT2D eigenvalue weighted by molar-refractivity contribution is 0.0697. The normalized spacial score (nSPS) is 23.2. The molecule has 3 aliphatic rings. The number of nitrogens with zero attached hydrogens (tertiary/aromatic N) is 2. The van der Waals surface area contributed by atoms with E-state index in [0.717, 1.165) is 31.6 Å². The maximum absolute atomic E-state index is 11.9. The monoisotopic (exact) mass is 462 g/mol. The van der Waals surface area contributed by atoms with Crippen molar-refractivity contribution in [1.82, 2.24) is 9.47 Å². The van der Waals surface area contributed by atoms with Crippen LogP contribution in [0, 0.1) is 5.92 Å². The van der Waals surface area contributed by atoms with Crippen LogP contribution >= 0.6 is 11.6 Å². The first kappa shape index (κ1) is 21.2. The highest BCUT2D eigenvalue weighted by Gasteiger charge is 2.40. The Morgan fingerprint density at radius 2 is 1.88 bits per heavy atom. The Hall–Kier alpha value is -2.30. The Bertz CT molecular complexity index is 1210. The molecule has 1 saturated heterocycles. The molecule has 33 heavy (non-hydrogen) atoms. The van der Waals surface area contributed by atoms with E-state index in [4.69, 9.17) is 11.6 Å². The predicted octanol–water partition coefficient (Wildman–Crippen LogP) is 6.67. The summed E-state index contributed by atoms with van der Waals surface area (Å²) in [5.41, 5.74) is 7.02. The second kappa shape index (κ2) is 8.48. The van der Waals surface area contributed by atoms with Crippen LogP contribution in [0.3, 0.4) is 0 Å². The van der Waals surface area contributed by atoms with Crippen molar-refractivity contribution in [2.24, 2.45) is 5.92 Å². The van der Waals surface area contributed by atoms with Crippen LogP contribution in [-0.2, 0) is 6.54 Å². The summed E-state index contributed by atoms with van der Waals surface area (Å²) in [6.45, 7) is 2.91. The third-order valence-corrected chi connectivity index (χ3v) is 8.48. The summed E-state index contributed by atoms with van der Waals surface area (Å²) in [4.78, 5) is 14.4. The molecule has 2 aliphatic heterocycles. The van der Waals surface area contributed by atoms with Crippen LogP contribution in [0.15, 0.2) is 42.5 Å². The van der Waals surface area contributed by atoms with Gasteiger partial charge in [0.05, 0.1) is 11.3 Å². The number of aromatic carboxylic acids is 1. The van der Waals surface area contributed by atoms with Crippen molar-refractivity contribution in [1.29, 1.82) is 0 Å². The topological polar surface area (TPSA) is 45.5 Å². The quantitative estimate of drug-likeness (QED) is 0.440. The number of hydrogen-bond donors (Lipinski definition) is 1. The summed E-state index contributed by atoms with van der Waals surface area (Å²) < 4.78 is 2.49. The van der Waals surface area contributed by atoms with Crippen molar-refractivity contribution in [2.75, 3.05) is 19.0 Å². The van der Waals surface area contributed by atoms with Gasteiger partial charge >= 0.3 is 5.97 Å². The molecular formula is C28H31ClN2O2. The van der Waals surface area contributed by atoms with Crippen molar-refractivity contribution >= 4 is 28.5 Å². The number of halogens is 1. The minimum Gasteiger partial charge on any atom is -0.478 e. The van der Waals surface area contributed by atoms with Crippen LogP contribution in [0.5, 0.6) is 0 Å². The largest absolute Gasteiger partial charge is 0.478 e. The van der Waals surface area contributed by atoms with Crippen molar-refractivity contribution in [3.63, 3.8) is 0 Å². The molecule has 3 aromatic rings. The second-order valence-electron chi connectivity index (χ2n) is 10.1. The van der Waals surface area contributed by atoms with E-state index in [9.17, 15) is 9.90 Å². The fourth-order valence-corrected chi connectivity index (χ4v) is 7.14. The molecule has 0 bridgehead atoms. The summed E-state index contributed by atoms with van der Waals surface area (Å²) in [7, 11) is 0. The molecule has 3 heterocycles. The Labute approximate surface area is 200 Å². The van der Waals surface area contributed by atoms with Crippen LogP contribution in [0.4, 0.5) is 0 Å². The lowest BCUT2D eigenvalue weighted by atomic mass is 9.81. The van der Waals surface area contributed by atoms with E-state index in [1.807, 2.05) is 6.07 Å². The summed E-state index contributed by atoms with van der Waals surface area (Å²) >= 11 is 6.20. The number of carboxylic acid groups (broad SMARTS) is 1. The number of carboxylic acids is 1. The summed E-state index contributed by atoms with van der Waals surface area (Å²) in [6, 6.07) is 15.1. The number of rotatable bonds is 4. The maximum atomic E-state index is 11.9. The molecule has 0 spiro atoms. The number of carbonyl (C=O) groups is 1. The fraction of sp³-hybridized carbons (Fsp3) is 0.464. The highest BCUT2D eigenvalue weighted by molar-refractivity contribution is 6.18. The molecular weight excluding hydrogens is 432 g/mol. The van der Waals surface area contributed by atoms with Gasteiger partial charge in [0.1, 0.15) is 0 Å². The fourth-order valence-electron chi connectivity index (χ4n) is 6.93. The zero-order valence-corrected chi connectivity index (χ0v) is 19.7. The van der Waals surface area contributed by atoms with Gasteiger partial charge in [0.25, 0.3) is 0 Å². The SMILES string of the molecule is O=C(O)c1ccc2c(C3CCCCC3)c3n(c2c1)CC1CCN(CCCl)C1c1ccccc1-3. The number of likely N-dealkylation sites (tertiary alicyclic amines) is 1. The number of hydrogen-bond acceptors (Lipinski definition) is 2. The third-order valence-electron chi connectivity index (χ3n) is 8.31. The molecule has 0 amide bonds. The first-order valence-electron chi connectivity index (χ1n) is 12.5. The average molecular weight is 463 g/mol. The van der Waals surface area contributed by atoms with Gasteiger partial charge in [-0.15, -0.1) is 11.6 Å². The number of aromatic nitrogens is 1. The van der Waals surface area contributed by atoms with Gasteiger partial charge in [0.2, 0.25) is 0 Å². The predicted molar refractivity (Wildman–Crippen MR) is 133 cm³/mol. The lowest BCUT2D eigenvalue weighted by Crippen LogP contribution is -2.28. The zero-order valence-electron chi connectivity index (χ0n) is 19.0. The van der Waals surface area contributed by atoms with E-state index in [1.165, 1.54) is 59.9 Å². The molecule has 5 heteroatoms. The Morgan fingerprint density at radius 1 is 1.06 bits per heavy atom. The van der Waals surface area contributed by atoms with Crippen LogP contribution in [0.2, 0.25) is 0 Å². The van der Waals surface area contributed by atoms with Gasteiger partial charge < -0.3 is 9.67 Å². The van der Waals surface area contributed by atoms with Crippen LogP contribution in [0.1, 0.15) is 72.0 Å². The molecule has 172 valence electrons. The van der Waals surface area contributed by atoms with Gasteiger partial charge in [-0.1, -0.05) is 49.6 Å². The minimum absolute atomic E-state index is 0.372. The van der Waals surface area contributed by atoms with E-state index in [-0.39, 0.29) is 0 Å². The smallest absolute Gasteiger partial charge is 0.335 e. The van der Waals surface area contributed by atoms with Crippen molar-refractivity contribution in [2.45, 2.75) is 57.0 Å². The molecule has 1 aromatic heterocycles. The van der Waals surface area contributed by atoms with E-state index in [2.05, 4.69) is 39.8 Å². The first-order chi connectivity index (χ1) is 16.2. The van der Waals surface area contributed by atoms with E-state index in [1.54, 1.807) is 6.07 Å². The Balaban J connectivity index is 1.63. The molecule has 2 unspecified atom stereocenters. The number of alkyl halides is 1. The van der Waals surface area contributed by atoms with E-state index < -0.39 is 5.97 Å². The molecule has 2 aromatic carbocycles. The number of fused-ring (bicyclic) bond motifs is 7. The molecule has 0 radical (unpaired) electrons. The standard InChI is InChI=1S/C28H31ClN2O2/c29-13-15-30-14-12-20-17-31-24-16-19(28(32)33)10-11-23(24)25(18-6-2-1-3-7-18)27(31)22-9-5-4-8-21(22)26(20)30/h4-5,8-11,16,18,20,26H,1-3,6-7,12-15,17H2,(H,32,33). The van der Waals surface area contributed by atoms with Crippen molar-refractivity contribution in [3.8, 4) is 11.3 Å². The highest BCUT2D eigenvalue weighted by atomic mass is 35.5. The summed E-state index contributed by atoms with van der Waals surface area (Å²) in [6.07, 6.45) is 7.47. The Kier molecular flexibility index (Phi) is 5.46.